The van der Waals surface area contributed by atoms with Crippen molar-refractivity contribution in [1.82, 2.24) is 10.6 Å². The van der Waals surface area contributed by atoms with E-state index in [-0.39, 0.29) is 23.8 Å². The Bertz CT molecular complexity index is 315. The van der Waals surface area contributed by atoms with E-state index in [1.807, 2.05) is 6.92 Å². The molecule has 3 N–H and O–H groups in total. The number of carboxylic acids is 1. The first-order valence-electron chi connectivity index (χ1n) is 6.32. The summed E-state index contributed by atoms with van der Waals surface area (Å²) in [5.74, 6) is -0.474. The first kappa shape index (κ1) is 12.4. The van der Waals surface area contributed by atoms with Crippen LogP contribution in [0.4, 0.5) is 0 Å². The van der Waals surface area contributed by atoms with Crippen LogP contribution in [0.1, 0.15) is 26.2 Å². The molecule has 1 amide bonds. The molecular formula is C12H20N2O3. The van der Waals surface area contributed by atoms with Gasteiger partial charge in [0, 0.05) is 12.0 Å². The summed E-state index contributed by atoms with van der Waals surface area (Å²) >= 11 is 0. The number of carbonyl (C=O) groups is 2. The summed E-state index contributed by atoms with van der Waals surface area (Å²) in [5, 5.41) is 15.0. The van der Waals surface area contributed by atoms with Crippen molar-refractivity contribution in [2.75, 3.05) is 13.1 Å². The van der Waals surface area contributed by atoms with Crippen LogP contribution in [-0.2, 0) is 9.59 Å². The second-order valence-electron chi connectivity index (χ2n) is 5.26. The van der Waals surface area contributed by atoms with E-state index in [1.54, 1.807) is 0 Å². The van der Waals surface area contributed by atoms with Crippen LogP contribution in [0.15, 0.2) is 0 Å². The summed E-state index contributed by atoms with van der Waals surface area (Å²) in [7, 11) is 0. The highest BCUT2D eigenvalue weighted by Gasteiger charge is 2.33. The molecule has 2 fully saturated rings. The minimum atomic E-state index is -0.738. The predicted molar refractivity (Wildman–Crippen MR) is 62.4 cm³/mol. The fraction of sp³-hybridized carbons (Fsp3) is 0.833. The maximum atomic E-state index is 11.9. The Labute approximate surface area is 101 Å². The fourth-order valence-electron chi connectivity index (χ4n) is 2.55. The Kier molecular flexibility index (Phi) is 3.66. The van der Waals surface area contributed by atoms with Crippen LogP contribution >= 0.6 is 0 Å². The molecule has 0 radical (unpaired) electrons. The standard InChI is InChI=1S/C12H20N2O3/c1-7(9-5-13-6-9)11(15)14-10-3-2-8(4-10)12(16)17/h7-10,13H,2-6H2,1H3,(H,14,15)(H,16,17). The number of rotatable bonds is 4. The zero-order valence-corrected chi connectivity index (χ0v) is 10.1. The van der Waals surface area contributed by atoms with Crippen LogP contribution in [0.2, 0.25) is 0 Å². The van der Waals surface area contributed by atoms with Gasteiger partial charge >= 0.3 is 5.97 Å². The number of hydrogen-bond donors (Lipinski definition) is 3. The SMILES string of the molecule is CC(C(=O)NC1CCC(C(=O)O)C1)C1CNC1. The summed E-state index contributed by atoms with van der Waals surface area (Å²) in [6, 6.07) is 0.0547. The van der Waals surface area contributed by atoms with Gasteiger partial charge in [0.05, 0.1) is 5.92 Å². The number of hydrogen-bond acceptors (Lipinski definition) is 3. The van der Waals surface area contributed by atoms with Crippen molar-refractivity contribution < 1.29 is 14.7 Å². The lowest BCUT2D eigenvalue weighted by molar-refractivity contribution is -0.141. The summed E-state index contributed by atoms with van der Waals surface area (Å²) in [5.41, 5.74) is 0. The number of carbonyl (C=O) groups excluding carboxylic acids is 1. The van der Waals surface area contributed by atoms with E-state index in [9.17, 15) is 9.59 Å². The molecule has 0 spiro atoms. The number of amides is 1. The van der Waals surface area contributed by atoms with Gasteiger partial charge in [0.25, 0.3) is 0 Å². The van der Waals surface area contributed by atoms with Gasteiger partial charge in [-0.2, -0.15) is 0 Å². The quantitative estimate of drug-likeness (QED) is 0.656. The third-order valence-corrected chi connectivity index (χ3v) is 4.06. The minimum absolute atomic E-state index is 0.0279. The second kappa shape index (κ2) is 5.04. The Morgan fingerprint density at radius 1 is 1.35 bits per heavy atom. The molecule has 0 aromatic heterocycles. The zero-order valence-electron chi connectivity index (χ0n) is 10.1. The Hall–Kier alpha value is -1.10. The average Bonchev–Trinajstić information content (AvgIpc) is 2.63. The summed E-state index contributed by atoms with van der Waals surface area (Å²) in [4.78, 5) is 22.7. The highest BCUT2D eigenvalue weighted by molar-refractivity contribution is 5.79. The van der Waals surface area contributed by atoms with E-state index >= 15 is 0 Å². The first-order valence-corrected chi connectivity index (χ1v) is 6.32. The third-order valence-electron chi connectivity index (χ3n) is 4.06. The van der Waals surface area contributed by atoms with Gasteiger partial charge in [0.2, 0.25) is 5.91 Å². The molecular weight excluding hydrogens is 220 g/mol. The molecule has 5 heteroatoms. The molecule has 1 aliphatic carbocycles. The molecule has 17 heavy (non-hydrogen) atoms. The van der Waals surface area contributed by atoms with Crippen LogP contribution in [-0.4, -0.2) is 36.1 Å². The highest BCUT2D eigenvalue weighted by atomic mass is 16.4. The molecule has 3 atom stereocenters. The normalized spacial score (nSPS) is 30.6. The fourth-order valence-corrected chi connectivity index (χ4v) is 2.55. The number of nitrogens with one attached hydrogen (secondary N) is 2. The van der Waals surface area contributed by atoms with Crippen LogP contribution in [0, 0.1) is 17.8 Å². The van der Waals surface area contributed by atoms with Crippen molar-refractivity contribution in [3.8, 4) is 0 Å². The van der Waals surface area contributed by atoms with Gasteiger partial charge in [0.15, 0.2) is 0 Å². The van der Waals surface area contributed by atoms with Gasteiger partial charge < -0.3 is 15.7 Å². The molecule has 1 heterocycles. The minimum Gasteiger partial charge on any atom is -0.481 e. The van der Waals surface area contributed by atoms with Crippen molar-refractivity contribution in [3.63, 3.8) is 0 Å². The van der Waals surface area contributed by atoms with Gasteiger partial charge in [-0.05, 0) is 38.3 Å². The van der Waals surface area contributed by atoms with Crippen LogP contribution in [0.3, 0.4) is 0 Å². The summed E-state index contributed by atoms with van der Waals surface area (Å²) < 4.78 is 0. The van der Waals surface area contributed by atoms with E-state index in [0.717, 1.165) is 19.5 Å². The van der Waals surface area contributed by atoms with E-state index < -0.39 is 5.97 Å². The maximum absolute atomic E-state index is 11.9. The van der Waals surface area contributed by atoms with E-state index in [2.05, 4.69) is 10.6 Å². The molecule has 2 rings (SSSR count). The monoisotopic (exact) mass is 240 g/mol. The molecule has 2 aliphatic rings. The van der Waals surface area contributed by atoms with Gasteiger partial charge in [-0.15, -0.1) is 0 Å². The van der Waals surface area contributed by atoms with Crippen molar-refractivity contribution in [3.05, 3.63) is 0 Å². The molecule has 1 saturated carbocycles. The third kappa shape index (κ3) is 2.77. The van der Waals surface area contributed by atoms with E-state index in [0.29, 0.717) is 18.8 Å². The molecule has 0 aromatic rings. The Morgan fingerprint density at radius 3 is 2.53 bits per heavy atom. The Balaban J connectivity index is 1.77. The maximum Gasteiger partial charge on any atom is 0.306 e. The second-order valence-corrected chi connectivity index (χ2v) is 5.26. The summed E-state index contributed by atoms with van der Waals surface area (Å²) in [6.45, 7) is 3.78. The first-order chi connectivity index (χ1) is 8.08. The van der Waals surface area contributed by atoms with Gasteiger partial charge in [-0.1, -0.05) is 6.92 Å². The zero-order chi connectivity index (χ0) is 12.4. The lowest BCUT2D eigenvalue weighted by Gasteiger charge is -2.32. The van der Waals surface area contributed by atoms with Crippen molar-refractivity contribution in [2.24, 2.45) is 17.8 Å². The van der Waals surface area contributed by atoms with Crippen molar-refractivity contribution in [1.29, 1.82) is 0 Å². The molecule has 96 valence electrons. The van der Waals surface area contributed by atoms with Crippen LogP contribution in [0.25, 0.3) is 0 Å². The number of aliphatic carboxylic acids is 1. The lowest BCUT2D eigenvalue weighted by atomic mass is 9.88. The van der Waals surface area contributed by atoms with Gasteiger partial charge in [-0.3, -0.25) is 9.59 Å². The Morgan fingerprint density at radius 2 is 2.06 bits per heavy atom. The van der Waals surface area contributed by atoms with Crippen LogP contribution < -0.4 is 10.6 Å². The molecule has 0 bridgehead atoms. The lowest BCUT2D eigenvalue weighted by Crippen LogP contribution is -2.50. The predicted octanol–water partition coefficient (Wildman–Crippen LogP) is 0.211. The van der Waals surface area contributed by atoms with Gasteiger partial charge in [-0.25, -0.2) is 0 Å². The topological polar surface area (TPSA) is 78.4 Å². The van der Waals surface area contributed by atoms with Gasteiger partial charge in [0.1, 0.15) is 0 Å². The van der Waals surface area contributed by atoms with E-state index in [1.165, 1.54) is 0 Å². The molecule has 5 nitrogen and oxygen atoms in total. The molecule has 1 saturated heterocycles. The largest absolute Gasteiger partial charge is 0.481 e. The van der Waals surface area contributed by atoms with Crippen LogP contribution in [0.5, 0.6) is 0 Å². The average molecular weight is 240 g/mol. The molecule has 1 aliphatic heterocycles. The summed E-state index contributed by atoms with van der Waals surface area (Å²) in [6.07, 6.45) is 2.05. The molecule has 3 unspecified atom stereocenters. The highest BCUT2D eigenvalue weighted by Crippen LogP contribution is 2.26. The van der Waals surface area contributed by atoms with Crippen molar-refractivity contribution >= 4 is 11.9 Å². The molecule has 0 aromatic carbocycles. The van der Waals surface area contributed by atoms with Crippen molar-refractivity contribution in [2.45, 2.75) is 32.2 Å². The van der Waals surface area contributed by atoms with E-state index in [4.69, 9.17) is 5.11 Å². The smallest absolute Gasteiger partial charge is 0.306 e. The number of carboxylic acid groups (broad SMARTS) is 1.